The second-order valence-corrected chi connectivity index (χ2v) is 4.76. The van der Waals surface area contributed by atoms with Gasteiger partial charge >= 0.3 is 0 Å². The van der Waals surface area contributed by atoms with E-state index in [2.05, 4.69) is 31.3 Å². The van der Waals surface area contributed by atoms with E-state index in [4.69, 9.17) is 0 Å². The fourth-order valence-electron chi connectivity index (χ4n) is 1.97. The molecule has 0 fully saturated rings. The van der Waals surface area contributed by atoms with Crippen LogP contribution in [0.2, 0.25) is 0 Å². The minimum Gasteiger partial charge on any atom is -0.352 e. The van der Waals surface area contributed by atoms with Gasteiger partial charge in [-0.25, -0.2) is 0 Å². The molecule has 0 aliphatic heterocycles. The van der Waals surface area contributed by atoms with Crippen molar-refractivity contribution in [2.45, 2.75) is 52.4 Å². The molecule has 1 N–H and O–H groups in total. The summed E-state index contributed by atoms with van der Waals surface area (Å²) in [5.74, 6) is 0.0505. The molecule has 18 heavy (non-hydrogen) atoms. The van der Waals surface area contributed by atoms with E-state index in [0.29, 0.717) is 0 Å². The van der Waals surface area contributed by atoms with Crippen molar-refractivity contribution in [1.29, 1.82) is 0 Å². The van der Waals surface area contributed by atoms with Crippen molar-refractivity contribution in [3.63, 3.8) is 0 Å². The van der Waals surface area contributed by atoms with Gasteiger partial charge in [0.15, 0.2) is 0 Å². The highest BCUT2D eigenvalue weighted by Gasteiger charge is 2.03. The number of carbonyl (C=O) groups excluding carboxylic acids is 1. The van der Waals surface area contributed by atoms with E-state index in [9.17, 15) is 4.79 Å². The maximum atomic E-state index is 11.8. The van der Waals surface area contributed by atoms with E-state index in [1.807, 2.05) is 12.1 Å². The first kappa shape index (κ1) is 14.7. The maximum absolute atomic E-state index is 11.8. The highest BCUT2D eigenvalue weighted by Crippen LogP contribution is 2.06. The third-order valence-corrected chi connectivity index (χ3v) is 3.07. The lowest BCUT2D eigenvalue weighted by atomic mass is 10.1. The van der Waals surface area contributed by atoms with Crippen molar-refractivity contribution in [1.82, 2.24) is 5.32 Å². The second kappa shape index (κ2) is 8.73. The Kier molecular flexibility index (Phi) is 7.16. The number of benzene rings is 1. The van der Waals surface area contributed by atoms with Crippen molar-refractivity contribution < 1.29 is 4.79 Å². The maximum Gasteiger partial charge on any atom is 0.251 e. The number of unbranched alkanes of at least 4 members (excludes halogenated alkanes) is 3. The highest BCUT2D eigenvalue weighted by atomic mass is 16.1. The van der Waals surface area contributed by atoms with Gasteiger partial charge in [0.2, 0.25) is 0 Å². The molecule has 100 valence electrons. The van der Waals surface area contributed by atoms with E-state index < -0.39 is 0 Å². The molecule has 1 rings (SSSR count). The van der Waals surface area contributed by atoms with Crippen molar-refractivity contribution in [3.05, 3.63) is 35.4 Å². The number of aryl methyl sites for hydroxylation is 1. The van der Waals surface area contributed by atoms with Crippen LogP contribution >= 0.6 is 0 Å². The first-order valence-corrected chi connectivity index (χ1v) is 7.15. The zero-order valence-electron chi connectivity index (χ0n) is 11.7. The van der Waals surface area contributed by atoms with Crippen LogP contribution in [0, 0.1) is 0 Å². The standard InChI is InChI=1S/C16H25NO/c1-3-5-6-7-13-17-16(18)15-11-9-14(8-4-2)10-12-15/h9-12H,3-8,13H2,1-2H3,(H,17,18). The van der Waals surface area contributed by atoms with E-state index in [1.54, 1.807) is 0 Å². The molecule has 0 saturated carbocycles. The summed E-state index contributed by atoms with van der Waals surface area (Å²) in [6, 6.07) is 7.95. The molecule has 1 aromatic carbocycles. The van der Waals surface area contributed by atoms with Crippen molar-refractivity contribution in [2.24, 2.45) is 0 Å². The minimum absolute atomic E-state index is 0.0505. The molecule has 0 heterocycles. The van der Waals surface area contributed by atoms with Crippen LogP contribution in [0.4, 0.5) is 0 Å². The second-order valence-electron chi connectivity index (χ2n) is 4.76. The van der Waals surface area contributed by atoms with Crippen molar-refractivity contribution >= 4 is 5.91 Å². The lowest BCUT2D eigenvalue weighted by Crippen LogP contribution is -2.24. The van der Waals surface area contributed by atoms with Crippen molar-refractivity contribution in [3.8, 4) is 0 Å². The first-order chi connectivity index (χ1) is 8.77. The molecular weight excluding hydrogens is 222 g/mol. The Morgan fingerprint density at radius 1 is 1.00 bits per heavy atom. The Hall–Kier alpha value is -1.31. The molecule has 0 aliphatic carbocycles. The van der Waals surface area contributed by atoms with Crippen LogP contribution in [0.15, 0.2) is 24.3 Å². The number of rotatable bonds is 8. The molecule has 0 saturated heterocycles. The summed E-state index contributed by atoms with van der Waals surface area (Å²) in [5, 5.41) is 2.97. The lowest BCUT2D eigenvalue weighted by molar-refractivity contribution is 0.0953. The van der Waals surface area contributed by atoms with Gasteiger partial charge in [-0.2, -0.15) is 0 Å². The average molecular weight is 247 g/mol. The summed E-state index contributed by atoms with van der Waals surface area (Å²) in [7, 11) is 0. The Bertz CT molecular complexity index is 343. The van der Waals surface area contributed by atoms with E-state index in [1.165, 1.54) is 24.8 Å². The summed E-state index contributed by atoms with van der Waals surface area (Å²) < 4.78 is 0. The third-order valence-electron chi connectivity index (χ3n) is 3.07. The summed E-state index contributed by atoms with van der Waals surface area (Å²) in [6.07, 6.45) is 6.98. The number of nitrogens with one attached hydrogen (secondary N) is 1. The average Bonchev–Trinajstić information content (AvgIpc) is 2.39. The highest BCUT2D eigenvalue weighted by molar-refractivity contribution is 5.94. The molecule has 0 spiro atoms. The predicted octanol–water partition coefficient (Wildman–Crippen LogP) is 3.95. The van der Waals surface area contributed by atoms with Gasteiger partial charge in [-0.3, -0.25) is 4.79 Å². The Balaban J connectivity index is 2.32. The summed E-state index contributed by atoms with van der Waals surface area (Å²) in [5.41, 5.74) is 2.07. The molecule has 0 atom stereocenters. The molecule has 2 heteroatoms. The zero-order valence-corrected chi connectivity index (χ0v) is 11.7. The number of hydrogen-bond acceptors (Lipinski definition) is 1. The van der Waals surface area contributed by atoms with Crippen molar-refractivity contribution in [2.75, 3.05) is 6.54 Å². The molecule has 0 aromatic heterocycles. The van der Waals surface area contributed by atoms with Gasteiger partial charge < -0.3 is 5.32 Å². The normalized spacial score (nSPS) is 10.3. The molecule has 1 aromatic rings. The Morgan fingerprint density at radius 3 is 2.33 bits per heavy atom. The monoisotopic (exact) mass is 247 g/mol. The largest absolute Gasteiger partial charge is 0.352 e. The van der Waals surface area contributed by atoms with Gasteiger partial charge in [-0.05, 0) is 30.5 Å². The van der Waals surface area contributed by atoms with Gasteiger partial charge in [0, 0.05) is 12.1 Å². The summed E-state index contributed by atoms with van der Waals surface area (Å²) in [4.78, 5) is 11.8. The molecule has 0 aliphatic rings. The third kappa shape index (κ3) is 5.35. The van der Waals surface area contributed by atoms with E-state index >= 15 is 0 Å². The molecule has 0 unspecified atom stereocenters. The fourth-order valence-corrected chi connectivity index (χ4v) is 1.97. The van der Waals surface area contributed by atoms with Gasteiger partial charge in [-0.15, -0.1) is 0 Å². The predicted molar refractivity (Wildman–Crippen MR) is 76.9 cm³/mol. The van der Waals surface area contributed by atoms with E-state index in [0.717, 1.165) is 31.4 Å². The molecule has 1 amide bonds. The summed E-state index contributed by atoms with van der Waals surface area (Å²) in [6.45, 7) is 5.14. The molecule has 0 bridgehead atoms. The minimum atomic E-state index is 0.0505. The molecule has 0 radical (unpaired) electrons. The summed E-state index contributed by atoms with van der Waals surface area (Å²) >= 11 is 0. The van der Waals surface area contributed by atoms with Gasteiger partial charge in [0.05, 0.1) is 0 Å². The quantitative estimate of drug-likeness (QED) is 0.692. The number of amides is 1. The van der Waals surface area contributed by atoms with Crippen LogP contribution in [0.5, 0.6) is 0 Å². The SMILES string of the molecule is CCCCCCNC(=O)c1ccc(CCC)cc1. The van der Waals surface area contributed by atoms with Gasteiger partial charge in [0.25, 0.3) is 5.91 Å². The number of hydrogen-bond donors (Lipinski definition) is 1. The topological polar surface area (TPSA) is 29.1 Å². The van der Waals surface area contributed by atoms with Crippen LogP contribution in [-0.2, 0) is 6.42 Å². The first-order valence-electron chi connectivity index (χ1n) is 7.15. The molecular formula is C16H25NO. The van der Waals surface area contributed by atoms with Gasteiger partial charge in [-0.1, -0.05) is 51.7 Å². The smallest absolute Gasteiger partial charge is 0.251 e. The van der Waals surface area contributed by atoms with Crippen LogP contribution < -0.4 is 5.32 Å². The van der Waals surface area contributed by atoms with Crippen LogP contribution in [0.3, 0.4) is 0 Å². The fraction of sp³-hybridized carbons (Fsp3) is 0.562. The van der Waals surface area contributed by atoms with Crippen LogP contribution in [0.1, 0.15) is 61.9 Å². The molecule has 2 nitrogen and oxygen atoms in total. The van der Waals surface area contributed by atoms with Crippen LogP contribution in [-0.4, -0.2) is 12.5 Å². The Labute approximate surface area is 111 Å². The number of carbonyl (C=O) groups is 1. The lowest BCUT2D eigenvalue weighted by Gasteiger charge is -2.06. The van der Waals surface area contributed by atoms with E-state index in [-0.39, 0.29) is 5.91 Å². The van der Waals surface area contributed by atoms with Crippen LogP contribution in [0.25, 0.3) is 0 Å². The van der Waals surface area contributed by atoms with Gasteiger partial charge in [0.1, 0.15) is 0 Å². The Morgan fingerprint density at radius 2 is 1.72 bits per heavy atom. The zero-order chi connectivity index (χ0) is 13.2.